The van der Waals surface area contributed by atoms with Crippen LogP contribution in [0.2, 0.25) is 0 Å². The molecule has 0 heterocycles. The normalized spacial score (nSPS) is 12.6. The number of esters is 1. The maximum atomic E-state index is 12.6. The molecule has 6 nitrogen and oxygen atoms in total. The van der Waals surface area contributed by atoms with Crippen LogP contribution < -0.4 is 5.32 Å². The Labute approximate surface area is 551 Å². The van der Waals surface area contributed by atoms with E-state index in [9.17, 15) is 19.8 Å². The molecule has 1 amide bonds. The van der Waals surface area contributed by atoms with Gasteiger partial charge in [0.2, 0.25) is 5.91 Å². The predicted octanol–water partition coefficient (Wildman–Crippen LogP) is 26.6. The molecule has 0 aliphatic rings. The molecule has 0 aromatic rings. The molecule has 0 aliphatic heterocycles. The van der Waals surface area contributed by atoms with Crippen molar-refractivity contribution in [1.82, 2.24) is 5.32 Å². The van der Waals surface area contributed by atoms with Crippen LogP contribution in [0.15, 0.2) is 36.5 Å². The van der Waals surface area contributed by atoms with Crippen LogP contribution in [0.5, 0.6) is 0 Å². The first-order chi connectivity index (χ1) is 43.5. The van der Waals surface area contributed by atoms with E-state index in [1.807, 2.05) is 0 Å². The van der Waals surface area contributed by atoms with Gasteiger partial charge in [-0.3, -0.25) is 9.59 Å². The fourth-order valence-corrected chi connectivity index (χ4v) is 12.8. The quantitative estimate of drug-likeness (QED) is 0.0320. The number of carbonyl (C=O) groups excluding carboxylic acids is 2. The van der Waals surface area contributed by atoms with E-state index >= 15 is 0 Å². The van der Waals surface area contributed by atoms with E-state index in [1.165, 1.54) is 366 Å². The number of aliphatic hydroxyl groups is 2. The zero-order valence-electron chi connectivity index (χ0n) is 59.7. The number of ether oxygens (including phenoxy) is 1. The molecule has 0 fully saturated rings. The summed E-state index contributed by atoms with van der Waals surface area (Å²) in [6.07, 6.45) is 101. The van der Waals surface area contributed by atoms with Crippen LogP contribution in [0.4, 0.5) is 0 Å². The lowest BCUT2D eigenvalue weighted by molar-refractivity contribution is -0.143. The van der Waals surface area contributed by atoms with Gasteiger partial charge < -0.3 is 20.3 Å². The van der Waals surface area contributed by atoms with Gasteiger partial charge in [0.05, 0.1) is 25.4 Å². The minimum Gasteiger partial charge on any atom is -0.466 e. The van der Waals surface area contributed by atoms with Gasteiger partial charge in [0.1, 0.15) is 0 Å². The number of unbranched alkanes of at least 4 members (excludes halogenated alkanes) is 59. The summed E-state index contributed by atoms with van der Waals surface area (Å²) in [4.78, 5) is 24.7. The van der Waals surface area contributed by atoms with E-state index in [0.29, 0.717) is 25.9 Å². The molecule has 88 heavy (non-hydrogen) atoms. The molecule has 0 aromatic carbocycles. The molecule has 0 rings (SSSR count). The van der Waals surface area contributed by atoms with Crippen LogP contribution in [-0.4, -0.2) is 47.4 Å². The van der Waals surface area contributed by atoms with Gasteiger partial charge in [0, 0.05) is 12.8 Å². The van der Waals surface area contributed by atoms with E-state index in [0.717, 1.165) is 51.4 Å². The summed E-state index contributed by atoms with van der Waals surface area (Å²) in [6.45, 7) is 4.97. The summed E-state index contributed by atoms with van der Waals surface area (Å²) in [6, 6.07) is -0.541. The fourth-order valence-electron chi connectivity index (χ4n) is 12.8. The number of carbonyl (C=O) groups is 2. The Kier molecular flexibility index (Phi) is 75.8. The highest BCUT2D eigenvalue weighted by atomic mass is 16.5. The highest BCUT2D eigenvalue weighted by Crippen LogP contribution is 2.20. The van der Waals surface area contributed by atoms with Crippen LogP contribution in [0, 0.1) is 0 Å². The van der Waals surface area contributed by atoms with Crippen molar-refractivity contribution in [1.29, 1.82) is 0 Å². The number of aliphatic hydroxyl groups excluding tert-OH is 2. The van der Waals surface area contributed by atoms with Crippen molar-refractivity contribution in [2.24, 2.45) is 0 Å². The molecule has 3 N–H and O–H groups in total. The maximum absolute atomic E-state index is 12.6. The zero-order chi connectivity index (χ0) is 63.5. The van der Waals surface area contributed by atoms with Gasteiger partial charge >= 0.3 is 5.97 Å². The van der Waals surface area contributed by atoms with Gasteiger partial charge in [-0.25, -0.2) is 0 Å². The van der Waals surface area contributed by atoms with Crippen molar-refractivity contribution in [3.8, 4) is 0 Å². The van der Waals surface area contributed by atoms with Gasteiger partial charge in [-0.05, 0) is 83.5 Å². The van der Waals surface area contributed by atoms with Crippen LogP contribution in [-0.2, 0) is 14.3 Å². The highest BCUT2D eigenvalue weighted by molar-refractivity contribution is 5.76. The Morgan fingerprint density at radius 1 is 0.318 bits per heavy atom. The first-order valence-electron chi connectivity index (χ1n) is 40.2. The van der Waals surface area contributed by atoms with Crippen molar-refractivity contribution in [3.63, 3.8) is 0 Å². The molecule has 0 saturated heterocycles. The van der Waals surface area contributed by atoms with Crippen LogP contribution >= 0.6 is 0 Å². The average Bonchev–Trinajstić information content (AvgIpc) is 3.59. The number of nitrogens with one attached hydrogen (secondary N) is 1. The van der Waals surface area contributed by atoms with Gasteiger partial charge in [0.15, 0.2) is 0 Å². The van der Waals surface area contributed by atoms with Crippen LogP contribution in [0.25, 0.3) is 0 Å². The molecule has 2 unspecified atom stereocenters. The molecule has 0 aliphatic carbocycles. The lowest BCUT2D eigenvalue weighted by Crippen LogP contribution is -2.45. The Morgan fingerprint density at radius 3 is 0.898 bits per heavy atom. The highest BCUT2D eigenvalue weighted by Gasteiger charge is 2.20. The van der Waals surface area contributed by atoms with Crippen molar-refractivity contribution >= 4 is 11.9 Å². The standard InChI is InChI=1S/C82H157NO5/c1-3-5-7-9-11-13-15-17-19-20-21-22-23-34-37-40-43-47-50-54-58-62-66-70-74-80(85)79(78-84)83-81(86)75-71-67-63-59-55-51-48-44-41-38-35-32-30-28-26-24-25-27-29-31-33-36-39-42-45-49-53-57-61-65-69-73-77-88-82(87)76-72-68-64-60-56-52-46-18-16-14-12-10-8-6-4-2/h12,14,18,27,29,46,79-80,84-85H,3-11,13,15-17,19-26,28,30-45,47-78H2,1-2H3,(H,83,86)/b14-12-,29-27-,46-18-. The maximum Gasteiger partial charge on any atom is 0.305 e. The van der Waals surface area contributed by atoms with Gasteiger partial charge in [-0.15, -0.1) is 0 Å². The van der Waals surface area contributed by atoms with E-state index in [-0.39, 0.29) is 18.5 Å². The minimum absolute atomic E-state index is 0.00492. The second-order valence-corrected chi connectivity index (χ2v) is 27.7. The second kappa shape index (κ2) is 77.5. The van der Waals surface area contributed by atoms with E-state index in [1.54, 1.807) is 0 Å². The first-order valence-corrected chi connectivity index (χ1v) is 40.2. The molecule has 6 heteroatoms. The molecule has 0 saturated carbocycles. The largest absolute Gasteiger partial charge is 0.466 e. The summed E-state index contributed by atoms with van der Waals surface area (Å²) in [5, 5.41) is 23.5. The lowest BCUT2D eigenvalue weighted by atomic mass is 10.0. The molecule has 0 aromatic heterocycles. The summed E-state index contributed by atoms with van der Waals surface area (Å²) < 4.78 is 5.49. The molecule has 520 valence electrons. The second-order valence-electron chi connectivity index (χ2n) is 27.7. The van der Waals surface area contributed by atoms with Gasteiger partial charge in [-0.1, -0.05) is 391 Å². The number of hydrogen-bond donors (Lipinski definition) is 3. The first kappa shape index (κ1) is 86.1. The summed E-state index contributed by atoms with van der Waals surface area (Å²) in [7, 11) is 0. The third-order valence-corrected chi connectivity index (χ3v) is 18.9. The van der Waals surface area contributed by atoms with Crippen LogP contribution in [0.3, 0.4) is 0 Å². The third-order valence-electron chi connectivity index (χ3n) is 18.9. The van der Waals surface area contributed by atoms with Gasteiger partial charge in [0.25, 0.3) is 0 Å². The summed E-state index contributed by atoms with van der Waals surface area (Å²) in [5.74, 6) is -0.0220. The molecule has 0 spiro atoms. The zero-order valence-corrected chi connectivity index (χ0v) is 59.7. The topological polar surface area (TPSA) is 95.9 Å². The smallest absolute Gasteiger partial charge is 0.305 e. The van der Waals surface area contributed by atoms with Gasteiger partial charge in [-0.2, -0.15) is 0 Å². The Bertz CT molecular complexity index is 1430. The Balaban J connectivity index is 3.36. The van der Waals surface area contributed by atoms with E-state index in [4.69, 9.17) is 4.74 Å². The Morgan fingerprint density at radius 2 is 0.568 bits per heavy atom. The average molecular weight is 1240 g/mol. The van der Waals surface area contributed by atoms with E-state index < -0.39 is 12.1 Å². The van der Waals surface area contributed by atoms with Crippen LogP contribution in [0.1, 0.15) is 450 Å². The molecule has 0 bridgehead atoms. The summed E-state index contributed by atoms with van der Waals surface area (Å²) in [5.41, 5.74) is 0. The minimum atomic E-state index is -0.664. The third kappa shape index (κ3) is 73.1. The lowest BCUT2D eigenvalue weighted by Gasteiger charge is -2.22. The van der Waals surface area contributed by atoms with E-state index in [2.05, 4.69) is 55.6 Å². The SMILES string of the molecule is CCCCC/C=C\C/C=C\CCCCCCCC(=O)OCCCCCCCCCCCCCC/C=C\CCCCCCCCCCCCCCCCCCC(=O)NC(CO)C(O)CCCCCCCCCCCCCCCCCCCCCCCCCC. The number of allylic oxidation sites excluding steroid dienone is 6. The molecular formula is C82H157NO5. The Hall–Kier alpha value is -1.92. The number of amides is 1. The van der Waals surface area contributed by atoms with Crippen molar-refractivity contribution in [2.45, 2.75) is 463 Å². The number of rotatable bonds is 76. The van der Waals surface area contributed by atoms with Crippen molar-refractivity contribution < 1.29 is 24.5 Å². The van der Waals surface area contributed by atoms with Crippen molar-refractivity contribution in [3.05, 3.63) is 36.5 Å². The molecule has 2 atom stereocenters. The molecular weight excluding hydrogens is 1080 g/mol. The fraction of sp³-hybridized carbons (Fsp3) is 0.902. The molecule has 0 radical (unpaired) electrons. The van der Waals surface area contributed by atoms with Crippen molar-refractivity contribution in [2.75, 3.05) is 13.2 Å². The number of hydrogen-bond acceptors (Lipinski definition) is 5. The summed E-state index contributed by atoms with van der Waals surface area (Å²) >= 11 is 0. The monoisotopic (exact) mass is 1240 g/mol. The predicted molar refractivity (Wildman–Crippen MR) is 389 cm³/mol.